The zero-order chi connectivity index (χ0) is 18.6. The number of amides is 2. The Balaban J connectivity index is 1.33. The monoisotopic (exact) mass is 366 g/mol. The number of carbonyl (C=O) groups is 2. The molecule has 2 aliphatic rings. The number of nitrogens with zero attached hydrogens (tertiary/aromatic N) is 1. The van der Waals surface area contributed by atoms with Crippen LogP contribution in [0.2, 0.25) is 0 Å². The zero-order valence-electron chi connectivity index (χ0n) is 15.0. The third kappa shape index (κ3) is 3.89. The average Bonchev–Trinajstić information content (AvgIpc) is 2.74. The first-order valence-corrected chi connectivity index (χ1v) is 9.25. The summed E-state index contributed by atoms with van der Waals surface area (Å²) in [5, 5.41) is 3.06. The van der Waals surface area contributed by atoms with Gasteiger partial charge in [-0.25, -0.2) is 0 Å². The second-order valence-electron chi connectivity index (χ2n) is 6.76. The Labute approximate surface area is 158 Å². The first-order chi connectivity index (χ1) is 13.2. The van der Waals surface area contributed by atoms with Crippen LogP contribution in [0, 0.1) is 0 Å². The molecule has 0 saturated carbocycles. The van der Waals surface area contributed by atoms with E-state index >= 15 is 0 Å². The number of hydrogen-bond donors (Lipinski definition) is 1. The summed E-state index contributed by atoms with van der Waals surface area (Å²) in [7, 11) is 0. The van der Waals surface area contributed by atoms with Crippen molar-refractivity contribution in [2.45, 2.75) is 18.9 Å². The fourth-order valence-electron chi connectivity index (χ4n) is 3.44. The van der Waals surface area contributed by atoms with Crippen molar-refractivity contribution in [2.75, 3.05) is 26.3 Å². The van der Waals surface area contributed by atoms with Gasteiger partial charge in [0.2, 0.25) is 0 Å². The molecule has 2 amide bonds. The van der Waals surface area contributed by atoms with Crippen molar-refractivity contribution >= 4 is 11.8 Å². The van der Waals surface area contributed by atoms with Crippen molar-refractivity contribution < 1.29 is 19.1 Å². The minimum absolute atomic E-state index is 0.0141. The molecule has 0 aromatic heterocycles. The van der Waals surface area contributed by atoms with Gasteiger partial charge in [-0.3, -0.25) is 9.59 Å². The minimum atomic E-state index is -0.0628. The van der Waals surface area contributed by atoms with Crippen molar-refractivity contribution in [3.8, 4) is 11.5 Å². The summed E-state index contributed by atoms with van der Waals surface area (Å²) in [4.78, 5) is 26.9. The normalized spacial score (nSPS) is 16.7. The van der Waals surface area contributed by atoms with E-state index in [1.165, 1.54) is 0 Å². The van der Waals surface area contributed by atoms with Crippen LogP contribution in [-0.4, -0.2) is 49.1 Å². The lowest BCUT2D eigenvalue weighted by Crippen LogP contribution is -2.46. The molecule has 4 rings (SSSR count). The van der Waals surface area contributed by atoms with E-state index in [-0.39, 0.29) is 17.9 Å². The van der Waals surface area contributed by atoms with E-state index in [0.29, 0.717) is 48.9 Å². The van der Waals surface area contributed by atoms with Gasteiger partial charge in [-0.05, 0) is 43.2 Å². The van der Waals surface area contributed by atoms with Gasteiger partial charge in [0.15, 0.2) is 11.5 Å². The maximum Gasteiger partial charge on any atom is 0.253 e. The number of rotatable bonds is 3. The SMILES string of the molecule is O=C(NC1CCN(C(=O)c2ccc3c(c2)OCCO3)CC1)c1ccccc1. The van der Waals surface area contributed by atoms with Gasteiger partial charge in [0, 0.05) is 30.3 Å². The van der Waals surface area contributed by atoms with Gasteiger partial charge < -0.3 is 19.7 Å². The molecule has 27 heavy (non-hydrogen) atoms. The van der Waals surface area contributed by atoms with Gasteiger partial charge in [-0.2, -0.15) is 0 Å². The molecule has 6 nitrogen and oxygen atoms in total. The molecule has 140 valence electrons. The molecule has 2 heterocycles. The smallest absolute Gasteiger partial charge is 0.253 e. The van der Waals surface area contributed by atoms with E-state index < -0.39 is 0 Å². The van der Waals surface area contributed by atoms with Gasteiger partial charge in [0.05, 0.1) is 0 Å². The third-order valence-electron chi connectivity index (χ3n) is 4.94. The number of likely N-dealkylation sites (tertiary alicyclic amines) is 1. The molecule has 2 aromatic rings. The van der Waals surface area contributed by atoms with Crippen LogP contribution in [0.25, 0.3) is 0 Å². The van der Waals surface area contributed by atoms with Crippen LogP contribution in [0.5, 0.6) is 11.5 Å². The summed E-state index contributed by atoms with van der Waals surface area (Å²) in [6, 6.07) is 14.6. The molecule has 2 aliphatic heterocycles. The predicted octanol–water partition coefficient (Wildman–Crippen LogP) is 2.49. The molecular weight excluding hydrogens is 344 g/mol. The maximum absolute atomic E-state index is 12.8. The van der Waals surface area contributed by atoms with Gasteiger partial charge in [0.1, 0.15) is 13.2 Å². The Kier molecular flexibility index (Phi) is 4.96. The van der Waals surface area contributed by atoms with Crippen LogP contribution < -0.4 is 14.8 Å². The highest BCUT2D eigenvalue weighted by atomic mass is 16.6. The predicted molar refractivity (Wildman–Crippen MR) is 100 cm³/mol. The van der Waals surface area contributed by atoms with E-state index in [0.717, 1.165) is 12.8 Å². The molecule has 0 atom stereocenters. The van der Waals surface area contributed by atoms with Crippen molar-refractivity contribution in [1.82, 2.24) is 10.2 Å². The minimum Gasteiger partial charge on any atom is -0.486 e. The summed E-state index contributed by atoms with van der Waals surface area (Å²) in [5.74, 6) is 1.23. The van der Waals surface area contributed by atoms with Gasteiger partial charge in [-0.1, -0.05) is 18.2 Å². The lowest BCUT2D eigenvalue weighted by atomic mass is 10.0. The number of piperidine rings is 1. The average molecular weight is 366 g/mol. The second-order valence-corrected chi connectivity index (χ2v) is 6.76. The number of hydrogen-bond acceptors (Lipinski definition) is 4. The Morgan fingerprint density at radius 3 is 2.33 bits per heavy atom. The summed E-state index contributed by atoms with van der Waals surface area (Å²) < 4.78 is 11.1. The summed E-state index contributed by atoms with van der Waals surface area (Å²) in [5.41, 5.74) is 1.26. The van der Waals surface area contributed by atoms with Gasteiger partial charge in [0.25, 0.3) is 11.8 Å². The van der Waals surface area contributed by atoms with E-state index in [9.17, 15) is 9.59 Å². The van der Waals surface area contributed by atoms with Crippen LogP contribution in [0.15, 0.2) is 48.5 Å². The number of fused-ring (bicyclic) bond motifs is 1. The lowest BCUT2D eigenvalue weighted by molar-refractivity contribution is 0.0697. The Morgan fingerprint density at radius 1 is 0.889 bits per heavy atom. The van der Waals surface area contributed by atoms with Crippen molar-refractivity contribution in [3.05, 3.63) is 59.7 Å². The fourth-order valence-corrected chi connectivity index (χ4v) is 3.44. The maximum atomic E-state index is 12.8. The number of carbonyl (C=O) groups excluding carboxylic acids is 2. The van der Waals surface area contributed by atoms with Gasteiger partial charge >= 0.3 is 0 Å². The van der Waals surface area contributed by atoms with E-state index in [1.54, 1.807) is 30.3 Å². The topological polar surface area (TPSA) is 67.9 Å². The molecule has 0 spiro atoms. The van der Waals surface area contributed by atoms with Crippen LogP contribution in [0.3, 0.4) is 0 Å². The van der Waals surface area contributed by atoms with E-state index in [4.69, 9.17) is 9.47 Å². The standard InChI is InChI=1S/C21H22N2O4/c24-20(15-4-2-1-3-5-15)22-17-8-10-23(11-9-17)21(25)16-6-7-18-19(14-16)27-13-12-26-18/h1-7,14,17H,8-13H2,(H,22,24). The highest BCUT2D eigenvalue weighted by molar-refractivity contribution is 5.95. The molecule has 0 unspecified atom stereocenters. The third-order valence-corrected chi connectivity index (χ3v) is 4.94. The molecular formula is C21H22N2O4. The highest BCUT2D eigenvalue weighted by Crippen LogP contribution is 2.31. The lowest BCUT2D eigenvalue weighted by Gasteiger charge is -2.32. The van der Waals surface area contributed by atoms with Crippen LogP contribution >= 0.6 is 0 Å². The Bertz CT molecular complexity index is 829. The molecule has 1 saturated heterocycles. The molecule has 0 aliphatic carbocycles. The van der Waals surface area contributed by atoms with Gasteiger partial charge in [-0.15, -0.1) is 0 Å². The van der Waals surface area contributed by atoms with Crippen LogP contribution in [-0.2, 0) is 0 Å². The Morgan fingerprint density at radius 2 is 1.59 bits per heavy atom. The first-order valence-electron chi connectivity index (χ1n) is 9.25. The molecule has 1 fully saturated rings. The highest BCUT2D eigenvalue weighted by Gasteiger charge is 2.26. The van der Waals surface area contributed by atoms with Crippen LogP contribution in [0.1, 0.15) is 33.6 Å². The molecule has 1 N–H and O–H groups in total. The largest absolute Gasteiger partial charge is 0.486 e. The summed E-state index contributed by atoms with van der Waals surface area (Å²) in [6.07, 6.45) is 1.49. The number of benzene rings is 2. The first kappa shape index (κ1) is 17.4. The summed E-state index contributed by atoms with van der Waals surface area (Å²) in [6.45, 7) is 2.26. The van der Waals surface area contributed by atoms with Crippen molar-refractivity contribution in [3.63, 3.8) is 0 Å². The van der Waals surface area contributed by atoms with Crippen molar-refractivity contribution in [1.29, 1.82) is 0 Å². The molecule has 0 radical (unpaired) electrons. The van der Waals surface area contributed by atoms with E-state index in [2.05, 4.69) is 5.32 Å². The zero-order valence-corrected chi connectivity index (χ0v) is 15.0. The Hall–Kier alpha value is -3.02. The molecule has 2 aromatic carbocycles. The molecule has 6 heteroatoms. The number of nitrogens with one attached hydrogen (secondary N) is 1. The van der Waals surface area contributed by atoms with Crippen molar-refractivity contribution in [2.24, 2.45) is 0 Å². The quantitative estimate of drug-likeness (QED) is 0.906. The van der Waals surface area contributed by atoms with E-state index in [1.807, 2.05) is 23.1 Å². The number of ether oxygens (including phenoxy) is 2. The molecule has 0 bridgehead atoms. The summed E-state index contributed by atoms with van der Waals surface area (Å²) >= 11 is 0. The van der Waals surface area contributed by atoms with Crippen LogP contribution in [0.4, 0.5) is 0 Å². The fraction of sp³-hybridized carbons (Fsp3) is 0.333. The second kappa shape index (κ2) is 7.70.